The number of rotatable bonds is 3. The van der Waals surface area contributed by atoms with Crippen LogP contribution >= 0.6 is 22.9 Å². The molecule has 18 heavy (non-hydrogen) atoms. The lowest BCUT2D eigenvalue weighted by Gasteiger charge is -2.06. The minimum Gasteiger partial charge on any atom is -0.495 e. The Morgan fingerprint density at radius 2 is 2.17 bits per heavy atom. The van der Waals surface area contributed by atoms with Gasteiger partial charge in [0, 0.05) is 5.56 Å². The van der Waals surface area contributed by atoms with E-state index in [1.807, 2.05) is 0 Å². The summed E-state index contributed by atoms with van der Waals surface area (Å²) in [5, 5.41) is 1.87. The van der Waals surface area contributed by atoms with E-state index in [2.05, 4.69) is 0 Å². The summed E-state index contributed by atoms with van der Waals surface area (Å²) < 4.78 is 18.4. The smallest absolute Gasteiger partial charge is 0.208 e. The zero-order valence-corrected chi connectivity index (χ0v) is 11.4. The molecule has 5 heteroatoms. The van der Waals surface area contributed by atoms with Crippen LogP contribution in [0.1, 0.15) is 20.8 Å². The number of thiophene rings is 1. The number of methoxy groups -OCH3 is 1. The van der Waals surface area contributed by atoms with Gasteiger partial charge in [0.2, 0.25) is 5.78 Å². The summed E-state index contributed by atoms with van der Waals surface area (Å²) >= 11 is 7.18. The normalized spacial score (nSPS) is 10.4. The Balaban J connectivity index is 2.50. The zero-order chi connectivity index (χ0) is 13.3. The molecule has 0 N–H and O–H groups in total. The van der Waals surface area contributed by atoms with Crippen molar-refractivity contribution in [2.45, 2.75) is 6.92 Å². The number of aryl methyl sites for hydroxylation is 1. The van der Waals surface area contributed by atoms with Gasteiger partial charge in [-0.25, -0.2) is 4.39 Å². The van der Waals surface area contributed by atoms with Crippen LogP contribution in [0.4, 0.5) is 4.39 Å². The molecule has 0 radical (unpaired) electrons. The Hall–Kier alpha value is -1.39. The van der Waals surface area contributed by atoms with Crippen LogP contribution < -0.4 is 4.74 Å². The lowest BCUT2D eigenvalue weighted by molar-refractivity contribution is 0.104. The molecule has 0 fully saturated rings. The zero-order valence-electron chi connectivity index (χ0n) is 9.79. The van der Waals surface area contributed by atoms with Crippen molar-refractivity contribution in [2.75, 3.05) is 7.11 Å². The quantitative estimate of drug-likeness (QED) is 0.794. The molecule has 2 aromatic rings. The highest BCUT2D eigenvalue weighted by Gasteiger charge is 2.19. The summed E-state index contributed by atoms with van der Waals surface area (Å²) in [5.41, 5.74) is 0.676. The van der Waals surface area contributed by atoms with E-state index in [9.17, 15) is 9.18 Å². The van der Waals surface area contributed by atoms with Crippen molar-refractivity contribution in [1.82, 2.24) is 0 Å². The van der Waals surface area contributed by atoms with Gasteiger partial charge in [-0.15, -0.1) is 11.3 Å². The van der Waals surface area contributed by atoms with Crippen LogP contribution in [-0.4, -0.2) is 12.9 Å². The third kappa shape index (κ3) is 2.26. The molecule has 2 nitrogen and oxygen atoms in total. The summed E-state index contributed by atoms with van der Waals surface area (Å²) in [5.74, 6) is -0.173. The second-order valence-corrected chi connectivity index (χ2v) is 5.05. The van der Waals surface area contributed by atoms with Crippen molar-refractivity contribution < 1.29 is 13.9 Å². The molecular formula is C13H10ClFO2S. The van der Waals surface area contributed by atoms with Crippen LogP contribution in [0.3, 0.4) is 0 Å². The number of hydrogen-bond acceptors (Lipinski definition) is 3. The molecule has 1 aromatic heterocycles. The van der Waals surface area contributed by atoms with Crippen LogP contribution in [0.25, 0.3) is 0 Å². The third-order valence-electron chi connectivity index (χ3n) is 2.55. The van der Waals surface area contributed by atoms with Gasteiger partial charge in [0.1, 0.15) is 16.4 Å². The molecule has 0 aliphatic carbocycles. The van der Waals surface area contributed by atoms with E-state index in [-0.39, 0.29) is 16.4 Å². The van der Waals surface area contributed by atoms with Gasteiger partial charge in [-0.2, -0.15) is 0 Å². The third-order valence-corrected chi connectivity index (χ3v) is 3.76. The molecule has 0 aliphatic heterocycles. The van der Waals surface area contributed by atoms with E-state index in [0.29, 0.717) is 16.2 Å². The van der Waals surface area contributed by atoms with Crippen LogP contribution in [0.15, 0.2) is 23.6 Å². The van der Waals surface area contributed by atoms with Crippen molar-refractivity contribution in [3.63, 3.8) is 0 Å². The molecule has 0 saturated carbocycles. The second kappa shape index (κ2) is 5.08. The average Bonchev–Trinajstić information content (AvgIpc) is 2.81. The van der Waals surface area contributed by atoms with Gasteiger partial charge in [-0.3, -0.25) is 4.79 Å². The van der Waals surface area contributed by atoms with Crippen molar-refractivity contribution in [1.29, 1.82) is 0 Å². The number of carbonyl (C=O) groups is 1. The Bertz CT molecular complexity index is 607. The maximum Gasteiger partial charge on any atom is 0.208 e. The Labute approximate surface area is 113 Å². The largest absolute Gasteiger partial charge is 0.495 e. The molecule has 94 valence electrons. The molecule has 0 unspecified atom stereocenters. The number of ether oxygens (including phenoxy) is 1. The van der Waals surface area contributed by atoms with Gasteiger partial charge in [0.05, 0.1) is 12.1 Å². The van der Waals surface area contributed by atoms with Gasteiger partial charge in [0.25, 0.3) is 0 Å². The summed E-state index contributed by atoms with van der Waals surface area (Å²) in [4.78, 5) is 12.8. The maximum atomic E-state index is 13.3. The standard InChI is InChI=1S/C13H10ClFO2S/c1-7-5-8(9(14)6-10(7)15)12(16)13-11(17-2)3-4-18-13/h3-6H,1-2H3. The van der Waals surface area contributed by atoms with Crippen LogP contribution in [0.2, 0.25) is 5.02 Å². The Kier molecular flexibility index (Phi) is 3.68. The fourth-order valence-corrected chi connectivity index (χ4v) is 2.63. The highest BCUT2D eigenvalue weighted by molar-refractivity contribution is 7.12. The lowest BCUT2D eigenvalue weighted by Crippen LogP contribution is -2.03. The van der Waals surface area contributed by atoms with Crippen LogP contribution in [-0.2, 0) is 0 Å². The molecule has 0 spiro atoms. The first-order chi connectivity index (χ1) is 8.54. The Morgan fingerprint density at radius 3 is 2.83 bits per heavy atom. The van der Waals surface area contributed by atoms with Gasteiger partial charge in [-0.1, -0.05) is 11.6 Å². The lowest BCUT2D eigenvalue weighted by atomic mass is 10.1. The molecule has 0 bridgehead atoms. The first-order valence-corrected chi connectivity index (χ1v) is 6.42. The number of carbonyl (C=O) groups excluding carboxylic acids is 1. The van der Waals surface area contributed by atoms with E-state index in [1.165, 1.54) is 24.5 Å². The predicted molar refractivity (Wildman–Crippen MR) is 70.5 cm³/mol. The van der Waals surface area contributed by atoms with E-state index >= 15 is 0 Å². The monoisotopic (exact) mass is 284 g/mol. The highest BCUT2D eigenvalue weighted by Crippen LogP contribution is 2.30. The van der Waals surface area contributed by atoms with E-state index in [1.54, 1.807) is 18.4 Å². The fourth-order valence-electron chi connectivity index (χ4n) is 1.58. The fraction of sp³-hybridized carbons (Fsp3) is 0.154. The molecule has 0 atom stereocenters. The highest BCUT2D eigenvalue weighted by atomic mass is 35.5. The van der Waals surface area contributed by atoms with E-state index in [4.69, 9.17) is 16.3 Å². The molecule has 2 rings (SSSR count). The van der Waals surface area contributed by atoms with Gasteiger partial charge in [-0.05, 0) is 36.1 Å². The van der Waals surface area contributed by atoms with Crippen molar-refractivity contribution >= 4 is 28.7 Å². The van der Waals surface area contributed by atoms with Gasteiger partial charge >= 0.3 is 0 Å². The summed E-state index contributed by atoms with van der Waals surface area (Å²) in [6.45, 7) is 1.59. The summed E-state index contributed by atoms with van der Waals surface area (Å²) in [7, 11) is 1.50. The van der Waals surface area contributed by atoms with E-state index < -0.39 is 5.82 Å². The second-order valence-electron chi connectivity index (χ2n) is 3.73. The first kappa shape index (κ1) is 13.1. The van der Waals surface area contributed by atoms with Crippen LogP contribution in [0, 0.1) is 12.7 Å². The number of ketones is 1. The summed E-state index contributed by atoms with van der Waals surface area (Å²) in [6, 6.07) is 4.32. The molecule has 1 heterocycles. The first-order valence-electron chi connectivity index (χ1n) is 5.16. The maximum absolute atomic E-state index is 13.3. The molecule has 0 aliphatic rings. The number of halogens is 2. The SMILES string of the molecule is COc1ccsc1C(=O)c1cc(C)c(F)cc1Cl. The Morgan fingerprint density at radius 1 is 1.44 bits per heavy atom. The predicted octanol–water partition coefficient (Wildman–Crippen LogP) is 4.09. The minimum atomic E-state index is -0.422. The van der Waals surface area contributed by atoms with Crippen LogP contribution in [0.5, 0.6) is 5.75 Å². The number of hydrogen-bond donors (Lipinski definition) is 0. The molecule has 0 amide bonds. The van der Waals surface area contributed by atoms with Crippen molar-refractivity contribution in [3.8, 4) is 5.75 Å². The number of benzene rings is 1. The topological polar surface area (TPSA) is 26.3 Å². The minimum absolute atomic E-state index is 0.110. The molecule has 0 saturated heterocycles. The average molecular weight is 285 g/mol. The van der Waals surface area contributed by atoms with Gasteiger partial charge in [0.15, 0.2) is 0 Å². The van der Waals surface area contributed by atoms with E-state index in [0.717, 1.165) is 6.07 Å². The molecule has 1 aromatic carbocycles. The molecular weight excluding hydrogens is 275 g/mol. The van der Waals surface area contributed by atoms with Crippen molar-refractivity contribution in [2.24, 2.45) is 0 Å². The summed E-state index contributed by atoms with van der Waals surface area (Å²) in [6.07, 6.45) is 0. The van der Waals surface area contributed by atoms with Gasteiger partial charge < -0.3 is 4.74 Å². The van der Waals surface area contributed by atoms with Crippen molar-refractivity contribution in [3.05, 3.63) is 50.4 Å².